The van der Waals surface area contributed by atoms with Crippen LogP contribution >= 0.6 is 11.3 Å². The molecular weight excluding hydrogens is 248 g/mol. The molecule has 0 saturated heterocycles. The number of nitrogens with zero attached hydrogens (tertiary/aromatic N) is 1. The SMILES string of the molecule is CCNc1nc(-c2ccc(OC)cc2OC)cs1. The minimum Gasteiger partial charge on any atom is -0.497 e. The first-order valence-corrected chi connectivity index (χ1v) is 6.58. The Morgan fingerprint density at radius 1 is 1.28 bits per heavy atom. The second-order valence-electron chi connectivity index (χ2n) is 3.63. The largest absolute Gasteiger partial charge is 0.497 e. The van der Waals surface area contributed by atoms with Gasteiger partial charge in [-0.2, -0.15) is 0 Å². The highest BCUT2D eigenvalue weighted by atomic mass is 32.1. The first kappa shape index (κ1) is 12.7. The second kappa shape index (κ2) is 5.73. The molecule has 0 amide bonds. The molecule has 1 aromatic heterocycles. The van der Waals surface area contributed by atoms with Gasteiger partial charge in [0, 0.05) is 23.6 Å². The number of anilines is 1. The van der Waals surface area contributed by atoms with Gasteiger partial charge < -0.3 is 14.8 Å². The van der Waals surface area contributed by atoms with Crippen molar-refractivity contribution in [2.75, 3.05) is 26.1 Å². The third kappa shape index (κ3) is 2.56. The molecule has 1 N–H and O–H groups in total. The molecule has 0 bridgehead atoms. The number of hydrogen-bond donors (Lipinski definition) is 1. The number of aromatic nitrogens is 1. The average molecular weight is 264 g/mol. The van der Waals surface area contributed by atoms with Gasteiger partial charge in [-0.3, -0.25) is 0 Å². The van der Waals surface area contributed by atoms with Gasteiger partial charge in [0.05, 0.1) is 19.9 Å². The Hall–Kier alpha value is -1.75. The van der Waals surface area contributed by atoms with E-state index in [1.807, 2.05) is 23.6 Å². The van der Waals surface area contributed by atoms with Crippen LogP contribution in [0.2, 0.25) is 0 Å². The summed E-state index contributed by atoms with van der Waals surface area (Å²) in [5.41, 5.74) is 1.88. The van der Waals surface area contributed by atoms with E-state index in [4.69, 9.17) is 9.47 Å². The summed E-state index contributed by atoms with van der Waals surface area (Å²) in [5.74, 6) is 1.54. The van der Waals surface area contributed by atoms with Gasteiger partial charge >= 0.3 is 0 Å². The summed E-state index contributed by atoms with van der Waals surface area (Å²) >= 11 is 1.59. The third-order valence-electron chi connectivity index (χ3n) is 2.52. The summed E-state index contributed by atoms with van der Waals surface area (Å²) in [4.78, 5) is 4.52. The van der Waals surface area contributed by atoms with Crippen molar-refractivity contribution in [3.8, 4) is 22.8 Å². The molecule has 1 heterocycles. The molecule has 2 rings (SSSR count). The van der Waals surface area contributed by atoms with Crippen molar-refractivity contribution in [2.24, 2.45) is 0 Å². The maximum absolute atomic E-state index is 5.38. The molecule has 0 saturated carbocycles. The molecule has 0 aliphatic heterocycles. The first-order valence-electron chi connectivity index (χ1n) is 5.70. The number of nitrogens with one attached hydrogen (secondary N) is 1. The Bertz CT molecular complexity index is 525. The van der Waals surface area contributed by atoms with Crippen molar-refractivity contribution in [3.63, 3.8) is 0 Å². The molecule has 4 nitrogen and oxygen atoms in total. The van der Waals surface area contributed by atoms with E-state index in [-0.39, 0.29) is 0 Å². The highest BCUT2D eigenvalue weighted by Crippen LogP contribution is 2.34. The van der Waals surface area contributed by atoms with Crippen LogP contribution in [0.4, 0.5) is 5.13 Å². The molecule has 0 aliphatic carbocycles. The molecule has 1 aromatic carbocycles. The third-order valence-corrected chi connectivity index (χ3v) is 3.32. The Balaban J connectivity index is 2.36. The summed E-state index contributed by atoms with van der Waals surface area (Å²) in [6.07, 6.45) is 0. The van der Waals surface area contributed by atoms with E-state index in [0.717, 1.165) is 34.4 Å². The van der Waals surface area contributed by atoms with Crippen molar-refractivity contribution in [1.29, 1.82) is 0 Å². The zero-order valence-electron chi connectivity index (χ0n) is 10.7. The quantitative estimate of drug-likeness (QED) is 0.900. The molecule has 0 aliphatic rings. The number of methoxy groups -OCH3 is 2. The Morgan fingerprint density at radius 2 is 2.11 bits per heavy atom. The van der Waals surface area contributed by atoms with Crippen LogP contribution in [0.3, 0.4) is 0 Å². The maximum atomic E-state index is 5.38. The minimum absolute atomic E-state index is 0.766. The minimum atomic E-state index is 0.766. The van der Waals surface area contributed by atoms with Crippen molar-refractivity contribution in [2.45, 2.75) is 6.92 Å². The van der Waals surface area contributed by atoms with Crippen LogP contribution in [-0.2, 0) is 0 Å². The molecule has 0 unspecified atom stereocenters. The number of hydrogen-bond acceptors (Lipinski definition) is 5. The predicted octanol–water partition coefficient (Wildman–Crippen LogP) is 3.26. The fraction of sp³-hybridized carbons (Fsp3) is 0.308. The molecular formula is C13H16N2O2S. The molecule has 96 valence electrons. The van der Waals surface area contributed by atoms with Crippen LogP contribution in [0, 0.1) is 0 Å². The molecule has 0 atom stereocenters. The lowest BCUT2D eigenvalue weighted by atomic mass is 10.1. The van der Waals surface area contributed by atoms with Crippen molar-refractivity contribution in [1.82, 2.24) is 4.98 Å². The smallest absolute Gasteiger partial charge is 0.183 e. The summed E-state index contributed by atoms with van der Waals surface area (Å²) in [6.45, 7) is 2.92. The normalized spacial score (nSPS) is 10.2. The Kier molecular flexibility index (Phi) is 4.04. The van der Waals surface area contributed by atoms with Gasteiger partial charge in [-0.1, -0.05) is 0 Å². The molecule has 0 radical (unpaired) electrons. The zero-order chi connectivity index (χ0) is 13.0. The predicted molar refractivity (Wildman–Crippen MR) is 74.8 cm³/mol. The van der Waals surface area contributed by atoms with Crippen molar-refractivity contribution < 1.29 is 9.47 Å². The average Bonchev–Trinajstić information content (AvgIpc) is 2.87. The number of thiazole rings is 1. The summed E-state index contributed by atoms with van der Waals surface area (Å²) in [6, 6.07) is 5.73. The molecule has 0 spiro atoms. The van der Waals surface area contributed by atoms with E-state index in [9.17, 15) is 0 Å². The highest BCUT2D eigenvalue weighted by molar-refractivity contribution is 7.14. The summed E-state index contributed by atoms with van der Waals surface area (Å²) in [7, 11) is 3.29. The first-order chi connectivity index (χ1) is 8.78. The van der Waals surface area contributed by atoms with Crippen molar-refractivity contribution in [3.05, 3.63) is 23.6 Å². The van der Waals surface area contributed by atoms with Gasteiger partial charge in [-0.15, -0.1) is 11.3 Å². The molecule has 5 heteroatoms. The van der Waals surface area contributed by atoms with Gasteiger partial charge in [0.25, 0.3) is 0 Å². The van der Waals surface area contributed by atoms with E-state index >= 15 is 0 Å². The lowest BCUT2D eigenvalue weighted by molar-refractivity contribution is 0.395. The summed E-state index contributed by atoms with van der Waals surface area (Å²) < 4.78 is 10.6. The Morgan fingerprint density at radius 3 is 2.78 bits per heavy atom. The van der Waals surface area contributed by atoms with Gasteiger partial charge in [0.1, 0.15) is 11.5 Å². The van der Waals surface area contributed by atoms with Crippen LogP contribution in [-0.4, -0.2) is 25.7 Å². The lowest BCUT2D eigenvalue weighted by Crippen LogP contribution is -1.95. The number of rotatable bonds is 5. The van der Waals surface area contributed by atoms with Crippen LogP contribution in [0.15, 0.2) is 23.6 Å². The monoisotopic (exact) mass is 264 g/mol. The van der Waals surface area contributed by atoms with E-state index in [1.165, 1.54) is 0 Å². The number of ether oxygens (including phenoxy) is 2. The Labute approximate surface area is 111 Å². The van der Waals surface area contributed by atoms with Crippen LogP contribution < -0.4 is 14.8 Å². The van der Waals surface area contributed by atoms with Gasteiger partial charge in [0.15, 0.2) is 5.13 Å². The van der Waals surface area contributed by atoms with Crippen molar-refractivity contribution >= 4 is 16.5 Å². The molecule has 18 heavy (non-hydrogen) atoms. The fourth-order valence-corrected chi connectivity index (χ4v) is 2.42. The van der Waals surface area contributed by atoms with Gasteiger partial charge in [-0.05, 0) is 19.1 Å². The van der Waals surface area contributed by atoms with Gasteiger partial charge in [-0.25, -0.2) is 4.98 Å². The van der Waals surface area contributed by atoms with E-state index < -0.39 is 0 Å². The standard InChI is InChI=1S/C13H16N2O2S/c1-4-14-13-15-11(8-18-13)10-6-5-9(16-2)7-12(10)17-3/h5-8H,4H2,1-3H3,(H,14,15). The van der Waals surface area contributed by atoms with E-state index in [2.05, 4.69) is 17.2 Å². The zero-order valence-corrected chi connectivity index (χ0v) is 11.5. The second-order valence-corrected chi connectivity index (χ2v) is 4.49. The van der Waals surface area contributed by atoms with E-state index in [1.54, 1.807) is 25.6 Å². The maximum Gasteiger partial charge on any atom is 0.183 e. The summed E-state index contributed by atoms with van der Waals surface area (Å²) in [5, 5.41) is 6.14. The molecule has 2 aromatic rings. The van der Waals surface area contributed by atoms with Gasteiger partial charge in [0.2, 0.25) is 0 Å². The topological polar surface area (TPSA) is 43.4 Å². The fourth-order valence-electron chi connectivity index (χ4n) is 1.64. The highest BCUT2D eigenvalue weighted by Gasteiger charge is 2.10. The molecule has 0 fully saturated rings. The van der Waals surface area contributed by atoms with Crippen LogP contribution in [0.25, 0.3) is 11.3 Å². The van der Waals surface area contributed by atoms with Crippen LogP contribution in [0.5, 0.6) is 11.5 Å². The number of benzene rings is 1. The van der Waals surface area contributed by atoms with E-state index in [0.29, 0.717) is 0 Å². The van der Waals surface area contributed by atoms with Crippen LogP contribution in [0.1, 0.15) is 6.92 Å². The lowest BCUT2D eigenvalue weighted by Gasteiger charge is -2.08.